The van der Waals surface area contributed by atoms with Crippen molar-refractivity contribution in [3.63, 3.8) is 0 Å². The van der Waals surface area contributed by atoms with E-state index >= 15 is 0 Å². The molecule has 0 aliphatic carbocycles. The minimum absolute atomic E-state index is 0.114. The molecule has 0 aromatic carbocycles. The molecular weight excluding hydrogens is 160 g/mol. The zero-order chi connectivity index (χ0) is 8.55. The highest BCUT2D eigenvalue weighted by Gasteiger charge is 2.36. The van der Waals surface area contributed by atoms with E-state index in [2.05, 4.69) is 13.2 Å². The quantitative estimate of drug-likeness (QED) is 0.537. The molecular formula is C8H10O4. The minimum atomic E-state index is -0.114. The second kappa shape index (κ2) is 2.62. The van der Waals surface area contributed by atoms with Crippen LogP contribution in [-0.2, 0) is 18.9 Å². The molecule has 2 rings (SSSR count). The first-order valence-corrected chi connectivity index (χ1v) is 3.72. The van der Waals surface area contributed by atoms with E-state index in [0.717, 1.165) is 0 Å². The molecule has 0 aromatic rings. The molecule has 2 heterocycles. The summed E-state index contributed by atoms with van der Waals surface area (Å²) in [6, 6.07) is 0. The third kappa shape index (κ3) is 1.20. The first-order chi connectivity index (χ1) is 5.75. The maximum Gasteiger partial charge on any atom is 0.272 e. The lowest BCUT2D eigenvalue weighted by Gasteiger charge is -2.07. The smallest absolute Gasteiger partial charge is 0.272 e. The van der Waals surface area contributed by atoms with Crippen molar-refractivity contribution in [2.24, 2.45) is 0 Å². The van der Waals surface area contributed by atoms with Crippen LogP contribution in [0, 0.1) is 0 Å². The summed E-state index contributed by atoms with van der Waals surface area (Å²) in [5, 5.41) is 0. The predicted molar refractivity (Wildman–Crippen MR) is 39.9 cm³/mol. The first kappa shape index (κ1) is 7.34. The van der Waals surface area contributed by atoms with Crippen molar-refractivity contribution in [2.45, 2.75) is 12.2 Å². The Morgan fingerprint density at radius 1 is 0.917 bits per heavy atom. The Morgan fingerprint density at radius 2 is 1.42 bits per heavy atom. The number of fused-ring (bicyclic) bond motifs is 1. The van der Waals surface area contributed by atoms with Crippen LogP contribution < -0.4 is 0 Å². The summed E-state index contributed by atoms with van der Waals surface area (Å²) in [6.45, 7) is 7.90. The average Bonchev–Trinajstić information content (AvgIpc) is 2.31. The number of ether oxygens (including phenoxy) is 4. The van der Waals surface area contributed by atoms with Gasteiger partial charge in [0.05, 0.1) is 0 Å². The van der Waals surface area contributed by atoms with Crippen LogP contribution >= 0.6 is 0 Å². The maximum atomic E-state index is 5.23. The number of hydrogen-bond donors (Lipinski definition) is 0. The average molecular weight is 170 g/mol. The second-order valence-corrected chi connectivity index (χ2v) is 2.68. The van der Waals surface area contributed by atoms with Crippen molar-refractivity contribution in [1.29, 1.82) is 0 Å². The van der Waals surface area contributed by atoms with Gasteiger partial charge in [0.25, 0.3) is 11.9 Å². The molecule has 0 amide bonds. The molecule has 2 fully saturated rings. The minimum Gasteiger partial charge on any atom is -0.462 e. The summed E-state index contributed by atoms with van der Waals surface area (Å²) in [5.41, 5.74) is 0. The van der Waals surface area contributed by atoms with Crippen molar-refractivity contribution in [1.82, 2.24) is 0 Å². The highest BCUT2D eigenvalue weighted by Crippen LogP contribution is 2.24. The Labute approximate surface area is 70.4 Å². The zero-order valence-corrected chi connectivity index (χ0v) is 6.62. The SMILES string of the molecule is C=C1OCC2OC(=C)OC2CO1. The van der Waals surface area contributed by atoms with Crippen LogP contribution in [0.25, 0.3) is 0 Å². The van der Waals surface area contributed by atoms with E-state index in [4.69, 9.17) is 18.9 Å². The lowest BCUT2D eigenvalue weighted by Crippen LogP contribution is -2.27. The van der Waals surface area contributed by atoms with Crippen molar-refractivity contribution in [3.05, 3.63) is 25.0 Å². The van der Waals surface area contributed by atoms with Crippen LogP contribution in [0.2, 0.25) is 0 Å². The zero-order valence-electron chi connectivity index (χ0n) is 6.62. The molecule has 0 saturated carbocycles. The van der Waals surface area contributed by atoms with E-state index in [0.29, 0.717) is 25.1 Å². The van der Waals surface area contributed by atoms with E-state index in [1.807, 2.05) is 0 Å². The van der Waals surface area contributed by atoms with Crippen molar-refractivity contribution < 1.29 is 18.9 Å². The van der Waals surface area contributed by atoms with Gasteiger partial charge in [0, 0.05) is 0 Å². The monoisotopic (exact) mass is 170 g/mol. The van der Waals surface area contributed by atoms with Gasteiger partial charge in [-0.15, -0.1) is 0 Å². The lowest BCUT2D eigenvalue weighted by atomic mass is 10.2. The molecule has 0 aromatic heterocycles. The Hall–Kier alpha value is -1.32. The van der Waals surface area contributed by atoms with E-state index in [9.17, 15) is 0 Å². The van der Waals surface area contributed by atoms with Gasteiger partial charge in [0.15, 0.2) is 12.2 Å². The van der Waals surface area contributed by atoms with Crippen LogP contribution in [0.1, 0.15) is 0 Å². The summed E-state index contributed by atoms with van der Waals surface area (Å²) in [4.78, 5) is 0. The largest absolute Gasteiger partial charge is 0.462 e. The first-order valence-electron chi connectivity index (χ1n) is 3.72. The third-order valence-corrected chi connectivity index (χ3v) is 1.80. The van der Waals surface area contributed by atoms with E-state index in [-0.39, 0.29) is 12.2 Å². The molecule has 2 aliphatic heterocycles. The molecule has 2 saturated heterocycles. The fourth-order valence-corrected chi connectivity index (χ4v) is 1.19. The fraction of sp³-hybridized carbons (Fsp3) is 0.500. The van der Waals surface area contributed by atoms with Crippen molar-refractivity contribution in [3.8, 4) is 0 Å². The topological polar surface area (TPSA) is 36.9 Å². The van der Waals surface area contributed by atoms with Crippen molar-refractivity contribution in [2.75, 3.05) is 13.2 Å². The summed E-state index contributed by atoms with van der Waals surface area (Å²) >= 11 is 0. The van der Waals surface area contributed by atoms with Gasteiger partial charge >= 0.3 is 0 Å². The van der Waals surface area contributed by atoms with E-state index in [1.54, 1.807) is 0 Å². The molecule has 0 spiro atoms. The lowest BCUT2D eigenvalue weighted by molar-refractivity contribution is 0.0163. The van der Waals surface area contributed by atoms with Crippen LogP contribution in [0.15, 0.2) is 25.0 Å². The van der Waals surface area contributed by atoms with Gasteiger partial charge < -0.3 is 18.9 Å². The van der Waals surface area contributed by atoms with Crippen LogP contribution in [0.5, 0.6) is 0 Å². The molecule has 2 atom stereocenters. The molecule has 0 bridgehead atoms. The molecule has 2 aliphatic rings. The molecule has 2 unspecified atom stereocenters. The highest BCUT2D eigenvalue weighted by molar-refractivity contribution is 4.90. The number of hydrogen-bond acceptors (Lipinski definition) is 4. The Balaban J connectivity index is 2.04. The van der Waals surface area contributed by atoms with E-state index in [1.165, 1.54) is 0 Å². The summed E-state index contributed by atoms with van der Waals surface area (Å²) in [7, 11) is 0. The van der Waals surface area contributed by atoms with Gasteiger partial charge in [-0.3, -0.25) is 0 Å². The summed E-state index contributed by atoms with van der Waals surface area (Å²) in [5.74, 6) is 0.659. The van der Waals surface area contributed by atoms with Crippen molar-refractivity contribution >= 4 is 0 Å². The van der Waals surface area contributed by atoms with Gasteiger partial charge in [0.1, 0.15) is 13.2 Å². The van der Waals surface area contributed by atoms with Gasteiger partial charge in [-0.05, 0) is 13.2 Å². The third-order valence-electron chi connectivity index (χ3n) is 1.80. The molecule has 66 valence electrons. The summed E-state index contributed by atoms with van der Waals surface area (Å²) < 4.78 is 20.7. The van der Waals surface area contributed by atoms with Gasteiger partial charge in [-0.25, -0.2) is 0 Å². The fourth-order valence-electron chi connectivity index (χ4n) is 1.19. The van der Waals surface area contributed by atoms with Gasteiger partial charge in [-0.2, -0.15) is 0 Å². The Bertz CT molecular complexity index is 201. The van der Waals surface area contributed by atoms with Crippen LogP contribution in [-0.4, -0.2) is 25.4 Å². The predicted octanol–water partition coefficient (Wildman–Crippen LogP) is 0.760. The van der Waals surface area contributed by atoms with Gasteiger partial charge in [-0.1, -0.05) is 0 Å². The molecule has 0 radical (unpaired) electrons. The van der Waals surface area contributed by atoms with Crippen LogP contribution in [0.3, 0.4) is 0 Å². The second-order valence-electron chi connectivity index (χ2n) is 2.68. The molecule has 12 heavy (non-hydrogen) atoms. The Kier molecular flexibility index (Phi) is 1.60. The highest BCUT2D eigenvalue weighted by atomic mass is 16.8. The molecule has 4 nitrogen and oxygen atoms in total. The van der Waals surface area contributed by atoms with Crippen LogP contribution in [0.4, 0.5) is 0 Å². The van der Waals surface area contributed by atoms with E-state index < -0.39 is 0 Å². The van der Waals surface area contributed by atoms with Gasteiger partial charge in [0.2, 0.25) is 0 Å². The summed E-state index contributed by atoms with van der Waals surface area (Å²) in [6.07, 6.45) is -0.228. The maximum absolute atomic E-state index is 5.23. The normalized spacial score (nSPS) is 33.7. The Morgan fingerprint density at radius 3 is 1.92 bits per heavy atom. The number of rotatable bonds is 0. The molecule has 0 N–H and O–H groups in total. The standard InChI is InChI=1S/C8H10O4/c1-5-9-3-7-8(4-10-5)12-6(2)11-7/h7-8H,1-4H2. The molecule has 4 heteroatoms.